The number of hydrogen-bond donors (Lipinski definition) is 1. The van der Waals surface area contributed by atoms with Gasteiger partial charge in [-0.3, -0.25) is 9.69 Å². The number of rotatable bonds is 4. The summed E-state index contributed by atoms with van der Waals surface area (Å²) in [4.78, 5) is 29.6. The molecular weight excluding hydrogens is 324 g/mol. The lowest BCUT2D eigenvalue weighted by atomic mass is 9.81. The fraction of sp³-hybridized carbons (Fsp3) is 0.750. The van der Waals surface area contributed by atoms with Gasteiger partial charge in [-0.1, -0.05) is 0 Å². The van der Waals surface area contributed by atoms with Gasteiger partial charge in [-0.05, 0) is 13.8 Å². The molecule has 0 aliphatic carbocycles. The molecule has 1 aromatic rings. The van der Waals surface area contributed by atoms with Crippen molar-refractivity contribution in [2.45, 2.75) is 26.4 Å². The maximum Gasteiger partial charge on any atom is 0.319 e. The number of carbonyl (C=O) groups excluding carboxylic acids is 1. The normalized spacial score (nSPS) is 26.3. The second-order valence-electron chi connectivity index (χ2n) is 7.63. The fourth-order valence-corrected chi connectivity index (χ4v) is 4.03. The summed E-state index contributed by atoms with van der Waals surface area (Å²) in [6.07, 6.45) is 1.71. The number of likely N-dealkylation sites (tertiary alicyclic amines) is 2. The smallest absolute Gasteiger partial charge is 0.319 e. The van der Waals surface area contributed by atoms with E-state index < -0.39 is 11.4 Å². The zero-order valence-electron chi connectivity index (χ0n) is 15.2. The van der Waals surface area contributed by atoms with E-state index >= 15 is 0 Å². The van der Waals surface area contributed by atoms with E-state index in [-0.39, 0.29) is 24.5 Å². The highest BCUT2D eigenvalue weighted by molar-refractivity contribution is 5.80. The van der Waals surface area contributed by atoms with Crippen LogP contribution in [0.25, 0.3) is 0 Å². The first-order valence-electron chi connectivity index (χ1n) is 8.55. The van der Waals surface area contributed by atoms with Crippen LogP contribution in [-0.2, 0) is 11.3 Å². The van der Waals surface area contributed by atoms with Crippen molar-refractivity contribution in [3.05, 3.63) is 12.2 Å². The third kappa shape index (κ3) is 2.97. The standard InChI is InChI=1S/C16H26N6O3/c1-11(2)22-10-17-18-13(22)7-20-5-12-6-21(15(25)19(3)4)9-16(12,8-20)14(23)24/h10-12H,5-9H2,1-4H3,(H,23,24)/t12-,16-/m0/s1. The van der Waals surface area contributed by atoms with E-state index in [0.717, 1.165) is 5.82 Å². The van der Waals surface area contributed by atoms with Crippen LogP contribution < -0.4 is 0 Å². The molecule has 2 saturated heterocycles. The number of carboxylic acid groups (broad SMARTS) is 1. The molecule has 1 aromatic heterocycles. The van der Waals surface area contributed by atoms with Crippen molar-refractivity contribution < 1.29 is 14.7 Å². The summed E-state index contributed by atoms with van der Waals surface area (Å²) in [5, 5.41) is 18.0. The Morgan fingerprint density at radius 1 is 1.36 bits per heavy atom. The van der Waals surface area contributed by atoms with Crippen molar-refractivity contribution in [2.24, 2.45) is 11.3 Å². The summed E-state index contributed by atoms with van der Waals surface area (Å²) in [6.45, 7) is 6.52. The molecule has 1 N–H and O–H groups in total. The monoisotopic (exact) mass is 350 g/mol. The van der Waals surface area contributed by atoms with Crippen LogP contribution in [0.4, 0.5) is 4.79 Å². The molecule has 2 fully saturated rings. The number of carboxylic acids is 1. The molecule has 25 heavy (non-hydrogen) atoms. The summed E-state index contributed by atoms with van der Waals surface area (Å²) in [5.41, 5.74) is -0.894. The average Bonchev–Trinajstić information content (AvgIpc) is 3.18. The second kappa shape index (κ2) is 6.29. The van der Waals surface area contributed by atoms with Gasteiger partial charge in [0.25, 0.3) is 0 Å². The molecule has 9 heteroatoms. The Kier molecular flexibility index (Phi) is 4.44. The van der Waals surface area contributed by atoms with Crippen molar-refractivity contribution in [3.8, 4) is 0 Å². The minimum Gasteiger partial charge on any atom is -0.481 e. The second-order valence-corrected chi connectivity index (χ2v) is 7.63. The number of urea groups is 1. The molecule has 3 heterocycles. The van der Waals surface area contributed by atoms with Gasteiger partial charge in [0.15, 0.2) is 0 Å². The number of carbonyl (C=O) groups is 2. The van der Waals surface area contributed by atoms with Gasteiger partial charge in [0.1, 0.15) is 17.6 Å². The number of aromatic nitrogens is 3. The van der Waals surface area contributed by atoms with Gasteiger partial charge in [-0.2, -0.15) is 0 Å². The van der Waals surface area contributed by atoms with E-state index in [1.807, 2.05) is 4.57 Å². The number of aliphatic carboxylic acids is 1. The maximum atomic E-state index is 12.2. The lowest BCUT2D eigenvalue weighted by Crippen LogP contribution is -2.44. The Morgan fingerprint density at radius 2 is 2.08 bits per heavy atom. The predicted octanol–water partition coefficient (Wildman–Crippen LogP) is 0.359. The molecule has 0 bridgehead atoms. The molecule has 2 atom stereocenters. The first kappa shape index (κ1) is 17.7. The lowest BCUT2D eigenvalue weighted by molar-refractivity contribution is -0.148. The van der Waals surface area contributed by atoms with Crippen LogP contribution >= 0.6 is 0 Å². The third-order valence-corrected chi connectivity index (χ3v) is 5.33. The lowest BCUT2D eigenvalue weighted by Gasteiger charge is -2.27. The Balaban J connectivity index is 1.75. The highest BCUT2D eigenvalue weighted by Gasteiger charge is 2.58. The Labute approximate surface area is 147 Å². The van der Waals surface area contributed by atoms with Crippen LogP contribution in [0.2, 0.25) is 0 Å². The molecule has 2 aliphatic rings. The van der Waals surface area contributed by atoms with Crippen LogP contribution in [0.1, 0.15) is 25.7 Å². The molecule has 138 valence electrons. The molecule has 2 aliphatic heterocycles. The number of amides is 2. The van der Waals surface area contributed by atoms with Gasteiger partial charge in [0, 0.05) is 52.2 Å². The van der Waals surface area contributed by atoms with E-state index in [2.05, 4.69) is 28.9 Å². The van der Waals surface area contributed by atoms with Gasteiger partial charge < -0.3 is 19.5 Å². The zero-order valence-corrected chi connectivity index (χ0v) is 15.2. The van der Waals surface area contributed by atoms with Crippen LogP contribution in [0.5, 0.6) is 0 Å². The van der Waals surface area contributed by atoms with Crippen molar-refractivity contribution in [1.29, 1.82) is 0 Å². The Bertz CT molecular complexity index is 673. The average molecular weight is 350 g/mol. The predicted molar refractivity (Wildman–Crippen MR) is 89.9 cm³/mol. The molecule has 3 rings (SSSR count). The Morgan fingerprint density at radius 3 is 2.64 bits per heavy atom. The Hall–Kier alpha value is -2.16. The minimum absolute atomic E-state index is 0.0654. The SMILES string of the molecule is CC(C)n1cnnc1CN1C[C@H]2CN(C(=O)N(C)C)C[C@@]2(C(=O)O)C1. The molecule has 0 spiro atoms. The van der Waals surface area contributed by atoms with Crippen molar-refractivity contribution in [1.82, 2.24) is 29.5 Å². The maximum absolute atomic E-state index is 12.2. The van der Waals surface area contributed by atoms with Crippen molar-refractivity contribution >= 4 is 12.0 Å². The number of hydrogen-bond acceptors (Lipinski definition) is 5. The summed E-state index contributed by atoms with van der Waals surface area (Å²) in [6, 6.07) is 0.134. The van der Waals surface area contributed by atoms with E-state index in [9.17, 15) is 14.7 Å². The van der Waals surface area contributed by atoms with Gasteiger partial charge in [-0.15, -0.1) is 10.2 Å². The van der Waals surface area contributed by atoms with Gasteiger partial charge in [0.2, 0.25) is 0 Å². The molecule has 2 amide bonds. The molecular formula is C16H26N6O3. The molecule has 0 unspecified atom stereocenters. The third-order valence-electron chi connectivity index (χ3n) is 5.33. The van der Waals surface area contributed by atoms with Gasteiger partial charge >= 0.3 is 12.0 Å². The van der Waals surface area contributed by atoms with Gasteiger partial charge in [0.05, 0.1) is 6.54 Å². The van der Waals surface area contributed by atoms with Gasteiger partial charge in [-0.25, -0.2) is 4.79 Å². The first-order valence-corrected chi connectivity index (χ1v) is 8.55. The summed E-state index contributed by atoms with van der Waals surface area (Å²) in [7, 11) is 3.38. The van der Waals surface area contributed by atoms with Crippen LogP contribution in [0.15, 0.2) is 6.33 Å². The number of fused-ring (bicyclic) bond motifs is 1. The molecule has 0 saturated carbocycles. The molecule has 9 nitrogen and oxygen atoms in total. The van der Waals surface area contributed by atoms with Crippen LogP contribution in [0, 0.1) is 11.3 Å². The van der Waals surface area contributed by atoms with E-state index in [4.69, 9.17) is 0 Å². The molecule has 0 radical (unpaired) electrons. The minimum atomic E-state index is -0.894. The zero-order chi connectivity index (χ0) is 18.4. The highest BCUT2D eigenvalue weighted by atomic mass is 16.4. The summed E-state index contributed by atoms with van der Waals surface area (Å²) < 4.78 is 2.00. The number of nitrogens with zero attached hydrogens (tertiary/aromatic N) is 6. The van der Waals surface area contributed by atoms with E-state index in [0.29, 0.717) is 26.2 Å². The first-order chi connectivity index (χ1) is 11.7. The van der Waals surface area contributed by atoms with Crippen molar-refractivity contribution in [2.75, 3.05) is 40.3 Å². The summed E-state index contributed by atoms with van der Waals surface area (Å²) >= 11 is 0. The van der Waals surface area contributed by atoms with Crippen molar-refractivity contribution in [3.63, 3.8) is 0 Å². The molecule has 0 aromatic carbocycles. The largest absolute Gasteiger partial charge is 0.481 e. The topological polar surface area (TPSA) is 94.8 Å². The highest BCUT2D eigenvalue weighted by Crippen LogP contribution is 2.43. The van der Waals surface area contributed by atoms with Crippen LogP contribution in [0.3, 0.4) is 0 Å². The quantitative estimate of drug-likeness (QED) is 0.842. The van der Waals surface area contributed by atoms with E-state index in [1.165, 1.54) is 4.90 Å². The fourth-order valence-electron chi connectivity index (χ4n) is 4.03. The summed E-state index contributed by atoms with van der Waals surface area (Å²) in [5.74, 6) is -0.0413. The van der Waals surface area contributed by atoms with Crippen LogP contribution in [-0.4, -0.2) is 86.8 Å². The van der Waals surface area contributed by atoms with E-state index in [1.54, 1.807) is 25.3 Å².